The number of hydrogen-bond donors (Lipinski definition) is 1. The summed E-state index contributed by atoms with van der Waals surface area (Å²) in [6, 6.07) is 18.5. The van der Waals surface area contributed by atoms with Crippen LogP contribution in [0.3, 0.4) is 0 Å². The van der Waals surface area contributed by atoms with E-state index in [0.29, 0.717) is 72.2 Å². The van der Waals surface area contributed by atoms with Crippen molar-refractivity contribution in [2.75, 3.05) is 33.0 Å². The number of hydrogen-bond acceptors (Lipinski definition) is 11. The summed E-state index contributed by atoms with van der Waals surface area (Å²) < 4.78 is 32.7. The molecule has 0 aliphatic heterocycles. The SMILES string of the molecule is C=C(C)C(=O)OCCCCCCOc1ccc(C(=O)OCCc2ccc(OC(=O)c3ccc(OCCCCCCOC(=O)C(=C)C)cc3)c(C=N)c2)cc1. The van der Waals surface area contributed by atoms with Crippen LogP contribution >= 0.6 is 0 Å². The van der Waals surface area contributed by atoms with E-state index in [9.17, 15) is 19.2 Å². The highest BCUT2D eigenvalue weighted by molar-refractivity contribution is 5.93. The number of esters is 4. The Labute approximate surface area is 317 Å². The van der Waals surface area contributed by atoms with Gasteiger partial charge in [0.05, 0.1) is 44.2 Å². The minimum Gasteiger partial charge on any atom is -0.494 e. The quantitative estimate of drug-likeness (QED) is 0.0224. The number of carbonyl (C=O) groups excluding carboxylic acids is 4. The van der Waals surface area contributed by atoms with Crippen LogP contribution in [0.2, 0.25) is 0 Å². The van der Waals surface area contributed by atoms with Crippen molar-refractivity contribution in [3.05, 3.63) is 113 Å². The Morgan fingerprint density at radius 3 is 1.50 bits per heavy atom. The molecule has 0 atom stereocenters. The minimum atomic E-state index is -0.564. The maximum absolute atomic E-state index is 12.8. The van der Waals surface area contributed by atoms with E-state index >= 15 is 0 Å². The third kappa shape index (κ3) is 15.9. The summed E-state index contributed by atoms with van der Waals surface area (Å²) in [6.45, 7) is 12.3. The van der Waals surface area contributed by atoms with Gasteiger partial charge in [0, 0.05) is 29.3 Å². The smallest absolute Gasteiger partial charge is 0.343 e. The van der Waals surface area contributed by atoms with E-state index in [2.05, 4.69) is 13.2 Å². The molecule has 0 aliphatic rings. The third-order valence-corrected chi connectivity index (χ3v) is 8.01. The lowest BCUT2D eigenvalue weighted by Gasteiger charge is -2.11. The molecule has 3 aromatic rings. The molecule has 0 aliphatic carbocycles. The normalized spacial score (nSPS) is 10.5. The first-order chi connectivity index (χ1) is 26.1. The molecule has 3 aromatic carbocycles. The predicted molar refractivity (Wildman–Crippen MR) is 206 cm³/mol. The van der Waals surface area contributed by atoms with Crippen LogP contribution in [0.25, 0.3) is 0 Å². The average molecular weight is 742 g/mol. The van der Waals surface area contributed by atoms with Crippen molar-refractivity contribution in [2.45, 2.75) is 71.6 Å². The van der Waals surface area contributed by atoms with Crippen molar-refractivity contribution in [1.29, 1.82) is 5.41 Å². The number of carbonyl (C=O) groups is 4. The molecule has 0 saturated heterocycles. The first-order valence-corrected chi connectivity index (χ1v) is 18.2. The van der Waals surface area contributed by atoms with Crippen molar-refractivity contribution in [3.8, 4) is 17.2 Å². The highest BCUT2D eigenvalue weighted by Crippen LogP contribution is 2.22. The van der Waals surface area contributed by atoms with Crippen molar-refractivity contribution in [3.63, 3.8) is 0 Å². The van der Waals surface area contributed by atoms with Crippen LogP contribution in [0.4, 0.5) is 0 Å². The fraction of sp³-hybridized carbons (Fsp3) is 0.372. The Kier molecular flexibility index (Phi) is 18.8. The molecule has 11 nitrogen and oxygen atoms in total. The number of rotatable bonds is 25. The highest BCUT2D eigenvalue weighted by Gasteiger charge is 2.13. The second-order valence-electron chi connectivity index (χ2n) is 12.7. The molecule has 0 saturated carbocycles. The van der Waals surface area contributed by atoms with Gasteiger partial charge in [-0.25, -0.2) is 19.2 Å². The van der Waals surface area contributed by atoms with Gasteiger partial charge in [-0.2, -0.15) is 0 Å². The first kappa shape index (κ1) is 42.7. The zero-order chi connectivity index (χ0) is 39.1. The highest BCUT2D eigenvalue weighted by atomic mass is 16.5. The van der Waals surface area contributed by atoms with Gasteiger partial charge in [-0.15, -0.1) is 0 Å². The molecule has 11 heteroatoms. The van der Waals surface area contributed by atoms with Gasteiger partial charge in [0.25, 0.3) is 0 Å². The zero-order valence-corrected chi connectivity index (χ0v) is 31.3. The van der Waals surface area contributed by atoms with Gasteiger partial charge in [0.1, 0.15) is 17.2 Å². The molecule has 0 spiro atoms. The molecule has 0 bridgehead atoms. The van der Waals surface area contributed by atoms with Crippen molar-refractivity contribution < 1.29 is 47.6 Å². The summed E-state index contributed by atoms with van der Waals surface area (Å²) >= 11 is 0. The van der Waals surface area contributed by atoms with E-state index in [4.69, 9.17) is 33.8 Å². The summed E-state index contributed by atoms with van der Waals surface area (Å²) in [6.07, 6.45) is 8.51. The molecule has 0 heterocycles. The molecule has 0 fully saturated rings. The summed E-state index contributed by atoms with van der Waals surface area (Å²) in [7, 11) is 0. The standard InChI is InChI=1S/C43H51NO10/c1-31(2)40(45)51-26-11-7-5-9-24-49-37-18-14-34(15-19-37)42(47)53-28-23-33-13-22-39(36(29-33)30-44)54-43(48)35-16-20-38(21-17-35)50-25-10-6-8-12-27-52-41(46)32(3)4/h13-22,29-30,44H,1,3,5-12,23-28H2,2,4H3. The molecule has 1 N–H and O–H groups in total. The van der Waals surface area contributed by atoms with E-state index in [1.807, 2.05) is 0 Å². The fourth-order valence-corrected chi connectivity index (χ4v) is 4.91. The van der Waals surface area contributed by atoms with Gasteiger partial charge in [-0.1, -0.05) is 19.2 Å². The molecule has 0 radical (unpaired) electrons. The Hall–Kier alpha value is -5.71. The maximum Gasteiger partial charge on any atom is 0.343 e. The molecule has 0 unspecified atom stereocenters. The molecule has 0 aromatic heterocycles. The van der Waals surface area contributed by atoms with Crippen molar-refractivity contribution >= 4 is 30.1 Å². The number of benzene rings is 3. The molecular formula is C43H51NO10. The van der Waals surface area contributed by atoms with Crippen LogP contribution in [-0.4, -0.2) is 63.1 Å². The Bertz CT molecular complexity index is 1710. The summed E-state index contributed by atoms with van der Waals surface area (Å²) in [5, 5.41) is 7.84. The molecular weight excluding hydrogens is 690 g/mol. The van der Waals surface area contributed by atoms with E-state index in [1.54, 1.807) is 80.6 Å². The van der Waals surface area contributed by atoms with Gasteiger partial charge in [0.2, 0.25) is 0 Å². The van der Waals surface area contributed by atoms with Crippen LogP contribution in [0.15, 0.2) is 91.0 Å². The van der Waals surface area contributed by atoms with Gasteiger partial charge < -0.3 is 33.8 Å². The monoisotopic (exact) mass is 741 g/mol. The Balaban J connectivity index is 1.33. The first-order valence-electron chi connectivity index (χ1n) is 18.2. The molecule has 0 amide bonds. The van der Waals surface area contributed by atoms with Crippen LogP contribution < -0.4 is 14.2 Å². The van der Waals surface area contributed by atoms with Gasteiger partial charge in [0.15, 0.2) is 0 Å². The van der Waals surface area contributed by atoms with Crippen molar-refractivity contribution in [2.24, 2.45) is 0 Å². The van der Waals surface area contributed by atoms with E-state index in [0.717, 1.165) is 63.1 Å². The number of ether oxygens (including phenoxy) is 6. The Morgan fingerprint density at radius 1 is 0.574 bits per heavy atom. The van der Waals surface area contributed by atoms with Crippen LogP contribution in [0.1, 0.15) is 97.1 Å². The van der Waals surface area contributed by atoms with Crippen LogP contribution in [0.5, 0.6) is 17.2 Å². The maximum atomic E-state index is 12.8. The van der Waals surface area contributed by atoms with E-state index in [1.165, 1.54) is 0 Å². The summed E-state index contributed by atoms with van der Waals surface area (Å²) in [5.41, 5.74) is 2.77. The summed E-state index contributed by atoms with van der Waals surface area (Å²) in [5.74, 6) is -0.212. The number of nitrogens with one attached hydrogen (secondary N) is 1. The van der Waals surface area contributed by atoms with Gasteiger partial charge >= 0.3 is 23.9 Å². The Morgan fingerprint density at radius 2 is 1.04 bits per heavy atom. The predicted octanol–water partition coefficient (Wildman–Crippen LogP) is 8.42. The fourth-order valence-electron chi connectivity index (χ4n) is 4.91. The van der Waals surface area contributed by atoms with Crippen LogP contribution in [0, 0.1) is 5.41 Å². The van der Waals surface area contributed by atoms with E-state index in [-0.39, 0.29) is 24.3 Å². The lowest BCUT2D eigenvalue weighted by molar-refractivity contribution is -0.139. The second-order valence-corrected chi connectivity index (χ2v) is 12.7. The molecule has 54 heavy (non-hydrogen) atoms. The lowest BCUT2D eigenvalue weighted by Crippen LogP contribution is -2.11. The summed E-state index contributed by atoms with van der Waals surface area (Å²) in [4.78, 5) is 48.2. The van der Waals surface area contributed by atoms with Gasteiger partial charge in [-0.05, 0) is 131 Å². The average Bonchev–Trinajstić information content (AvgIpc) is 3.17. The second kappa shape index (κ2) is 23.8. The van der Waals surface area contributed by atoms with Crippen LogP contribution in [-0.2, 0) is 30.2 Å². The number of unbranched alkanes of at least 4 members (excludes halogenated alkanes) is 6. The zero-order valence-electron chi connectivity index (χ0n) is 31.3. The molecule has 288 valence electrons. The topological polar surface area (TPSA) is 148 Å². The third-order valence-electron chi connectivity index (χ3n) is 8.01. The van der Waals surface area contributed by atoms with Crippen molar-refractivity contribution in [1.82, 2.24) is 0 Å². The lowest BCUT2D eigenvalue weighted by atomic mass is 10.1. The molecule has 3 rings (SSSR count). The van der Waals surface area contributed by atoms with E-state index < -0.39 is 11.9 Å². The minimum absolute atomic E-state index is 0.126. The largest absolute Gasteiger partial charge is 0.494 e. The van der Waals surface area contributed by atoms with Gasteiger partial charge in [-0.3, -0.25) is 0 Å².